The van der Waals surface area contributed by atoms with Crippen LogP contribution in [0.5, 0.6) is 0 Å². The van der Waals surface area contributed by atoms with Gasteiger partial charge in [0.05, 0.1) is 16.8 Å². The second kappa shape index (κ2) is 8.14. The van der Waals surface area contributed by atoms with Gasteiger partial charge in [0, 0.05) is 19.6 Å². The molecule has 2 rings (SSSR count). The second-order valence-electron chi connectivity index (χ2n) is 5.66. The number of aromatic carboxylic acids is 1. The van der Waals surface area contributed by atoms with Crippen LogP contribution in [0.3, 0.4) is 0 Å². The van der Waals surface area contributed by atoms with Crippen LogP contribution in [0, 0.1) is 25.2 Å². The van der Waals surface area contributed by atoms with Gasteiger partial charge in [0.25, 0.3) is 0 Å². The molecule has 0 saturated carbocycles. The average Bonchev–Trinajstić information content (AvgIpc) is 2.56. The first kappa shape index (κ1) is 17.5. The minimum absolute atomic E-state index is 0.346. The van der Waals surface area contributed by atoms with E-state index < -0.39 is 5.97 Å². The summed E-state index contributed by atoms with van der Waals surface area (Å²) < 4.78 is 0. The fourth-order valence-corrected chi connectivity index (χ4v) is 2.56. The Morgan fingerprint density at radius 3 is 2.62 bits per heavy atom. The van der Waals surface area contributed by atoms with Crippen molar-refractivity contribution in [3.05, 3.63) is 64.2 Å². The molecule has 0 unspecified atom stereocenters. The van der Waals surface area contributed by atoms with Gasteiger partial charge in [0.15, 0.2) is 0 Å². The number of rotatable bonds is 7. The van der Waals surface area contributed by atoms with Gasteiger partial charge in [0.1, 0.15) is 6.07 Å². The molecule has 0 heterocycles. The Bertz CT molecular complexity index is 779. The van der Waals surface area contributed by atoms with E-state index in [-0.39, 0.29) is 0 Å². The van der Waals surface area contributed by atoms with E-state index in [1.165, 1.54) is 0 Å². The van der Waals surface area contributed by atoms with Gasteiger partial charge in [0.2, 0.25) is 0 Å². The number of carbonyl (C=O) groups is 1. The molecule has 2 aromatic rings. The lowest BCUT2D eigenvalue weighted by Gasteiger charge is -2.12. The van der Waals surface area contributed by atoms with Crippen LogP contribution in [0.25, 0.3) is 0 Å². The van der Waals surface area contributed by atoms with Crippen molar-refractivity contribution in [2.75, 3.05) is 18.4 Å². The lowest BCUT2D eigenvalue weighted by molar-refractivity contribution is 0.0696. The first-order valence-corrected chi connectivity index (χ1v) is 7.80. The lowest BCUT2D eigenvalue weighted by Crippen LogP contribution is -2.22. The van der Waals surface area contributed by atoms with Crippen LogP contribution in [0.1, 0.15) is 32.6 Å². The second-order valence-corrected chi connectivity index (χ2v) is 5.66. The maximum Gasteiger partial charge on any atom is 0.335 e. The summed E-state index contributed by atoms with van der Waals surface area (Å²) >= 11 is 0. The number of anilines is 1. The Kier molecular flexibility index (Phi) is 5.94. The van der Waals surface area contributed by atoms with Crippen LogP contribution in [0.4, 0.5) is 5.69 Å². The molecule has 0 amide bonds. The molecule has 0 aromatic heterocycles. The van der Waals surface area contributed by atoms with Crippen LogP contribution in [-0.2, 0) is 6.54 Å². The molecule has 0 saturated heterocycles. The van der Waals surface area contributed by atoms with Crippen molar-refractivity contribution in [3.8, 4) is 6.07 Å². The predicted molar refractivity (Wildman–Crippen MR) is 94.2 cm³/mol. The molecule has 0 atom stereocenters. The molecule has 0 aliphatic heterocycles. The van der Waals surface area contributed by atoms with Gasteiger partial charge >= 0.3 is 5.97 Å². The molecular weight excluding hydrogens is 302 g/mol. The normalized spacial score (nSPS) is 10.2. The third kappa shape index (κ3) is 4.34. The van der Waals surface area contributed by atoms with Crippen molar-refractivity contribution >= 4 is 11.7 Å². The van der Waals surface area contributed by atoms with E-state index in [9.17, 15) is 9.90 Å². The molecule has 5 heteroatoms. The Balaban J connectivity index is 1.88. The van der Waals surface area contributed by atoms with Crippen molar-refractivity contribution < 1.29 is 9.90 Å². The fourth-order valence-electron chi connectivity index (χ4n) is 2.56. The third-order valence-electron chi connectivity index (χ3n) is 3.89. The maximum atomic E-state index is 11.2. The van der Waals surface area contributed by atoms with E-state index in [1.54, 1.807) is 12.1 Å². The summed E-state index contributed by atoms with van der Waals surface area (Å²) in [5.74, 6) is -0.900. The summed E-state index contributed by atoms with van der Waals surface area (Å²) in [6, 6.07) is 13.2. The molecule has 0 aliphatic carbocycles. The van der Waals surface area contributed by atoms with Crippen LogP contribution >= 0.6 is 0 Å². The summed E-state index contributed by atoms with van der Waals surface area (Å²) in [6.45, 7) is 5.78. The van der Waals surface area contributed by atoms with Gasteiger partial charge in [-0.3, -0.25) is 0 Å². The van der Waals surface area contributed by atoms with Crippen molar-refractivity contribution in [1.29, 1.82) is 5.26 Å². The number of benzene rings is 2. The van der Waals surface area contributed by atoms with Gasteiger partial charge in [-0.2, -0.15) is 5.26 Å². The van der Waals surface area contributed by atoms with Crippen LogP contribution in [0.2, 0.25) is 0 Å². The predicted octanol–water partition coefficient (Wildman–Crippen LogP) is 3.08. The fraction of sp³-hybridized carbons (Fsp3) is 0.263. The molecule has 2 aromatic carbocycles. The first-order chi connectivity index (χ1) is 11.5. The monoisotopic (exact) mass is 323 g/mol. The minimum Gasteiger partial charge on any atom is -0.478 e. The highest BCUT2D eigenvalue weighted by atomic mass is 16.4. The number of nitrogens with one attached hydrogen (secondary N) is 2. The summed E-state index contributed by atoms with van der Waals surface area (Å²) in [5.41, 5.74) is 4.62. The highest BCUT2D eigenvalue weighted by Crippen LogP contribution is 2.16. The van der Waals surface area contributed by atoms with Crippen molar-refractivity contribution in [1.82, 2.24) is 5.32 Å². The van der Waals surface area contributed by atoms with E-state index in [0.29, 0.717) is 30.8 Å². The number of para-hydroxylation sites is 1. The van der Waals surface area contributed by atoms with Gasteiger partial charge in [-0.15, -0.1) is 0 Å². The Labute approximate surface area is 141 Å². The van der Waals surface area contributed by atoms with Crippen molar-refractivity contribution in [2.45, 2.75) is 20.4 Å². The molecule has 5 nitrogen and oxygen atoms in total. The number of nitrogens with zero attached hydrogens (tertiary/aromatic N) is 1. The molecule has 3 N–H and O–H groups in total. The number of hydrogen-bond donors (Lipinski definition) is 3. The minimum atomic E-state index is -0.900. The Morgan fingerprint density at radius 2 is 1.92 bits per heavy atom. The van der Waals surface area contributed by atoms with Gasteiger partial charge in [-0.05, 0) is 48.7 Å². The summed E-state index contributed by atoms with van der Waals surface area (Å²) in [4.78, 5) is 11.2. The largest absolute Gasteiger partial charge is 0.478 e. The molecule has 0 radical (unpaired) electrons. The van der Waals surface area contributed by atoms with E-state index >= 15 is 0 Å². The smallest absolute Gasteiger partial charge is 0.335 e. The summed E-state index contributed by atoms with van der Waals surface area (Å²) in [5, 5.41) is 24.8. The molecule has 124 valence electrons. The van der Waals surface area contributed by atoms with E-state index in [1.807, 2.05) is 38.1 Å². The zero-order valence-electron chi connectivity index (χ0n) is 13.9. The number of hydrogen-bond acceptors (Lipinski definition) is 4. The zero-order chi connectivity index (χ0) is 17.5. The number of nitriles is 1. The van der Waals surface area contributed by atoms with Crippen molar-refractivity contribution in [3.63, 3.8) is 0 Å². The summed E-state index contributed by atoms with van der Waals surface area (Å²) in [6.07, 6.45) is 0. The molecule has 0 aliphatic rings. The van der Waals surface area contributed by atoms with Crippen LogP contribution in [-0.4, -0.2) is 24.2 Å². The standard InChI is InChI=1S/C19H21N3O2/c1-13-9-14(2)17(19(23)24)10-16(13)12-21-7-8-22-18-6-4-3-5-15(18)11-20/h3-6,9-10,21-22H,7-8,12H2,1-2H3,(H,23,24). The van der Waals surface area contributed by atoms with E-state index in [2.05, 4.69) is 16.7 Å². The quantitative estimate of drug-likeness (QED) is 0.682. The lowest BCUT2D eigenvalue weighted by atomic mass is 10.00. The molecule has 0 fully saturated rings. The number of carboxylic acid groups (broad SMARTS) is 1. The highest BCUT2D eigenvalue weighted by molar-refractivity contribution is 5.89. The molecule has 0 bridgehead atoms. The van der Waals surface area contributed by atoms with Gasteiger partial charge in [-0.1, -0.05) is 18.2 Å². The van der Waals surface area contributed by atoms with Crippen LogP contribution in [0.15, 0.2) is 36.4 Å². The highest BCUT2D eigenvalue weighted by Gasteiger charge is 2.10. The molecule has 0 spiro atoms. The van der Waals surface area contributed by atoms with E-state index in [4.69, 9.17) is 5.26 Å². The third-order valence-corrected chi connectivity index (χ3v) is 3.89. The Hall–Kier alpha value is -2.84. The van der Waals surface area contributed by atoms with E-state index in [0.717, 1.165) is 22.4 Å². The SMILES string of the molecule is Cc1cc(C)c(C(=O)O)cc1CNCCNc1ccccc1C#N. The first-order valence-electron chi connectivity index (χ1n) is 7.80. The summed E-state index contributed by atoms with van der Waals surface area (Å²) in [7, 11) is 0. The number of aryl methyl sites for hydroxylation is 2. The van der Waals surface area contributed by atoms with Gasteiger partial charge in [-0.25, -0.2) is 4.79 Å². The topological polar surface area (TPSA) is 85.2 Å². The number of carboxylic acids is 1. The molecule has 24 heavy (non-hydrogen) atoms. The maximum absolute atomic E-state index is 11.2. The van der Waals surface area contributed by atoms with Crippen molar-refractivity contribution in [2.24, 2.45) is 0 Å². The van der Waals surface area contributed by atoms with Crippen LogP contribution < -0.4 is 10.6 Å². The Morgan fingerprint density at radius 1 is 1.17 bits per heavy atom. The molecular formula is C19H21N3O2. The zero-order valence-corrected chi connectivity index (χ0v) is 13.9. The van der Waals surface area contributed by atoms with Gasteiger partial charge < -0.3 is 15.7 Å². The average molecular weight is 323 g/mol.